The van der Waals surface area contributed by atoms with E-state index in [2.05, 4.69) is 5.10 Å². The molecule has 0 bridgehead atoms. The second-order valence-corrected chi connectivity index (χ2v) is 4.37. The van der Waals surface area contributed by atoms with Crippen molar-refractivity contribution in [3.05, 3.63) is 52.3 Å². The molecule has 106 valence electrons. The number of benzene rings is 1. The normalized spacial score (nSPS) is 11.6. The maximum atomic E-state index is 12.6. The van der Waals surface area contributed by atoms with Gasteiger partial charge in [-0.05, 0) is 11.6 Å². The average molecular weight is 305 g/mol. The zero-order valence-corrected chi connectivity index (χ0v) is 10.6. The molecule has 1 N–H and O–H groups in total. The first kappa shape index (κ1) is 14.4. The van der Waals surface area contributed by atoms with Crippen LogP contribution in [0.15, 0.2) is 30.3 Å². The van der Waals surface area contributed by atoms with Gasteiger partial charge in [0.15, 0.2) is 5.69 Å². The first-order chi connectivity index (χ1) is 9.29. The van der Waals surface area contributed by atoms with Gasteiger partial charge in [0.25, 0.3) is 0 Å². The minimum Gasteiger partial charge on any atom is -0.477 e. The van der Waals surface area contributed by atoms with Crippen LogP contribution in [-0.4, -0.2) is 20.9 Å². The minimum atomic E-state index is -4.70. The molecule has 0 aliphatic carbocycles. The van der Waals surface area contributed by atoms with E-state index in [4.69, 9.17) is 16.7 Å². The van der Waals surface area contributed by atoms with Crippen LogP contribution in [0.4, 0.5) is 13.2 Å². The van der Waals surface area contributed by atoms with Crippen molar-refractivity contribution in [1.29, 1.82) is 0 Å². The van der Waals surface area contributed by atoms with Gasteiger partial charge >= 0.3 is 12.1 Å². The molecule has 0 aliphatic rings. The van der Waals surface area contributed by atoms with Crippen molar-refractivity contribution in [2.45, 2.75) is 12.7 Å². The van der Waals surface area contributed by atoms with Crippen molar-refractivity contribution in [2.24, 2.45) is 0 Å². The van der Waals surface area contributed by atoms with Crippen LogP contribution in [0.5, 0.6) is 0 Å². The Labute approximate surface area is 116 Å². The fourth-order valence-corrected chi connectivity index (χ4v) is 1.83. The van der Waals surface area contributed by atoms with Crippen LogP contribution in [0.1, 0.15) is 21.7 Å². The van der Waals surface area contributed by atoms with Gasteiger partial charge in [0.05, 0.1) is 6.54 Å². The second-order valence-electron chi connectivity index (χ2n) is 3.97. The molecular formula is C12H8ClF3N2O2. The average Bonchev–Trinajstić information content (AvgIpc) is 2.76. The third kappa shape index (κ3) is 2.93. The number of alkyl halides is 3. The molecule has 0 saturated heterocycles. The number of hydrogen-bond acceptors (Lipinski definition) is 2. The predicted octanol–water partition coefficient (Wildman–Crippen LogP) is 3.30. The second kappa shape index (κ2) is 5.16. The van der Waals surface area contributed by atoms with Gasteiger partial charge in [-0.15, -0.1) is 0 Å². The molecule has 1 heterocycles. The Morgan fingerprint density at radius 2 is 2.00 bits per heavy atom. The van der Waals surface area contributed by atoms with Crippen molar-refractivity contribution < 1.29 is 23.1 Å². The van der Waals surface area contributed by atoms with E-state index in [0.29, 0.717) is 16.7 Å². The summed E-state index contributed by atoms with van der Waals surface area (Å²) in [5, 5.41) is 12.5. The number of halogens is 4. The lowest BCUT2D eigenvalue weighted by Gasteiger charge is -2.06. The van der Waals surface area contributed by atoms with E-state index in [-0.39, 0.29) is 6.54 Å². The van der Waals surface area contributed by atoms with Crippen LogP contribution in [0, 0.1) is 0 Å². The van der Waals surface area contributed by atoms with E-state index in [1.165, 1.54) is 0 Å². The molecule has 4 nitrogen and oxygen atoms in total. The summed E-state index contributed by atoms with van der Waals surface area (Å²) >= 11 is 5.89. The summed E-state index contributed by atoms with van der Waals surface area (Å²) in [4.78, 5) is 11.0. The van der Waals surface area contributed by atoms with Crippen molar-refractivity contribution in [2.75, 3.05) is 0 Å². The van der Waals surface area contributed by atoms with Crippen LogP contribution in [0.2, 0.25) is 5.02 Å². The standard InChI is InChI=1S/C12H8ClF3N2O2/c13-8-4-2-1-3-7(8)6-18-9(11(19)20)5-10(17-18)12(14,15)16/h1-5H,6H2,(H,19,20). The first-order valence-corrected chi connectivity index (χ1v) is 5.78. The molecule has 1 aromatic carbocycles. The Hall–Kier alpha value is -2.02. The number of rotatable bonds is 3. The molecule has 0 aliphatic heterocycles. The number of aromatic carboxylic acids is 1. The van der Waals surface area contributed by atoms with Gasteiger partial charge in [0.2, 0.25) is 0 Å². The van der Waals surface area contributed by atoms with Gasteiger partial charge in [-0.25, -0.2) is 4.79 Å². The number of hydrogen-bond donors (Lipinski definition) is 1. The summed E-state index contributed by atoms with van der Waals surface area (Å²) < 4.78 is 38.5. The quantitative estimate of drug-likeness (QED) is 0.946. The third-order valence-corrected chi connectivity index (χ3v) is 2.94. The highest BCUT2D eigenvalue weighted by Gasteiger charge is 2.35. The molecule has 2 rings (SSSR count). The number of carboxylic acids is 1. The summed E-state index contributed by atoms with van der Waals surface area (Å²) in [7, 11) is 0. The molecule has 2 aromatic rings. The Balaban J connectivity index is 2.43. The topological polar surface area (TPSA) is 55.1 Å². The highest BCUT2D eigenvalue weighted by Crippen LogP contribution is 2.29. The number of nitrogens with zero attached hydrogens (tertiary/aromatic N) is 2. The van der Waals surface area contributed by atoms with Gasteiger partial charge in [-0.3, -0.25) is 4.68 Å². The first-order valence-electron chi connectivity index (χ1n) is 5.41. The Morgan fingerprint density at radius 3 is 2.55 bits per heavy atom. The Morgan fingerprint density at radius 1 is 1.35 bits per heavy atom. The van der Waals surface area contributed by atoms with Gasteiger partial charge in [0, 0.05) is 11.1 Å². The molecule has 0 saturated carbocycles. The van der Waals surface area contributed by atoms with Crippen LogP contribution < -0.4 is 0 Å². The lowest BCUT2D eigenvalue weighted by Crippen LogP contribution is -2.12. The number of carbonyl (C=O) groups is 1. The van der Waals surface area contributed by atoms with Crippen LogP contribution in [0.25, 0.3) is 0 Å². The van der Waals surface area contributed by atoms with Gasteiger partial charge in [-0.1, -0.05) is 29.8 Å². The van der Waals surface area contributed by atoms with E-state index in [0.717, 1.165) is 4.68 Å². The monoisotopic (exact) mass is 304 g/mol. The van der Waals surface area contributed by atoms with E-state index in [1.54, 1.807) is 24.3 Å². The summed E-state index contributed by atoms with van der Waals surface area (Å²) in [6.07, 6.45) is -4.70. The van der Waals surface area contributed by atoms with E-state index in [1.807, 2.05) is 0 Å². The van der Waals surface area contributed by atoms with Crippen molar-refractivity contribution in [1.82, 2.24) is 9.78 Å². The highest BCUT2D eigenvalue weighted by atomic mass is 35.5. The lowest BCUT2D eigenvalue weighted by molar-refractivity contribution is -0.141. The number of carboxylic acid groups (broad SMARTS) is 1. The van der Waals surface area contributed by atoms with E-state index >= 15 is 0 Å². The smallest absolute Gasteiger partial charge is 0.435 e. The third-order valence-electron chi connectivity index (χ3n) is 2.57. The Bertz CT molecular complexity index is 652. The molecule has 0 unspecified atom stereocenters. The molecular weight excluding hydrogens is 297 g/mol. The molecule has 0 atom stereocenters. The van der Waals surface area contributed by atoms with Crippen LogP contribution in [0.3, 0.4) is 0 Å². The highest BCUT2D eigenvalue weighted by molar-refractivity contribution is 6.31. The van der Waals surface area contributed by atoms with Gasteiger partial charge in [0.1, 0.15) is 5.69 Å². The largest absolute Gasteiger partial charge is 0.477 e. The van der Waals surface area contributed by atoms with Gasteiger partial charge in [-0.2, -0.15) is 18.3 Å². The fourth-order valence-electron chi connectivity index (χ4n) is 1.64. The molecule has 8 heteroatoms. The van der Waals surface area contributed by atoms with E-state index < -0.39 is 23.5 Å². The molecule has 0 radical (unpaired) electrons. The zero-order valence-electron chi connectivity index (χ0n) is 9.86. The van der Waals surface area contributed by atoms with Crippen LogP contribution in [-0.2, 0) is 12.7 Å². The summed E-state index contributed by atoms with van der Waals surface area (Å²) in [6, 6.07) is 6.96. The lowest BCUT2D eigenvalue weighted by atomic mass is 10.2. The molecule has 1 aromatic heterocycles. The predicted molar refractivity (Wildman–Crippen MR) is 64.7 cm³/mol. The van der Waals surface area contributed by atoms with Crippen molar-refractivity contribution in [3.63, 3.8) is 0 Å². The number of aromatic nitrogens is 2. The van der Waals surface area contributed by atoms with Crippen molar-refractivity contribution >= 4 is 17.6 Å². The van der Waals surface area contributed by atoms with Gasteiger partial charge < -0.3 is 5.11 Å². The Kier molecular flexibility index (Phi) is 3.71. The maximum absolute atomic E-state index is 12.6. The molecule has 20 heavy (non-hydrogen) atoms. The molecule has 0 spiro atoms. The zero-order chi connectivity index (χ0) is 14.9. The summed E-state index contributed by atoms with van der Waals surface area (Å²) in [5.41, 5.74) is -1.31. The van der Waals surface area contributed by atoms with E-state index in [9.17, 15) is 18.0 Å². The van der Waals surface area contributed by atoms with Crippen LogP contribution >= 0.6 is 11.6 Å². The maximum Gasteiger partial charge on any atom is 0.435 e. The molecule has 0 fully saturated rings. The molecule has 0 amide bonds. The van der Waals surface area contributed by atoms with Crippen molar-refractivity contribution in [3.8, 4) is 0 Å². The minimum absolute atomic E-state index is 0.155. The fraction of sp³-hybridized carbons (Fsp3) is 0.167. The summed E-state index contributed by atoms with van der Waals surface area (Å²) in [6.45, 7) is -0.155. The SMILES string of the molecule is O=C(O)c1cc(C(F)(F)F)nn1Cc1ccccc1Cl. The summed E-state index contributed by atoms with van der Waals surface area (Å²) in [5.74, 6) is -1.49.